The molecular weight excluding hydrogens is 368 g/mol. The van der Waals surface area contributed by atoms with Gasteiger partial charge < -0.3 is 5.32 Å². The molecule has 0 radical (unpaired) electrons. The van der Waals surface area contributed by atoms with Crippen LogP contribution >= 0.6 is 0 Å². The average Bonchev–Trinajstić information content (AvgIpc) is 3.10. The molecule has 29 heavy (non-hydrogen) atoms. The summed E-state index contributed by atoms with van der Waals surface area (Å²) < 4.78 is 4.35. The molecule has 3 heterocycles. The van der Waals surface area contributed by atoms with Gasteiger partial charge in [-0.15, -0.1) is 0 Å². The summed E-state index contributed by atoms with van der Waals surface area (Å²) >= 11 is 0. The van der Waals surface area contributed by atoms with E-state index in [1.807, 2.05) is 48.0 Å². The summed E-state index contributed by atoms with van der Waals surface area (Å²) in [5.74, 6) is 0.563. The number of pyridine rings is 1. The second-order valence-electron chi connectivity index (χ2n) is 6.87. The fraction of sp³-hybridized carbons (Fsp3) is 0.238. The molecule has 148 valence electrons. The van der Waals surface area contributed by atoms with Crippen molar-refractivity contribution in [3.63, 3.8) is 0 Å². The maximum Gasteiger partial charge on any atom is 0.332 e. The van der Waals surface area contributed by atoms with E-state index in [0.717, 1.165) is 21.3 Å². The summed E-state index contributed by atoms with van der Waals surface area (Å²) in [6, 6.07) is 12.0. The Morgan fingerprint density at radius 3 is 2.55 bits per heavy atom. The number of aryl methyl sites for hydroxylation is 1. The fourth-order valence-corrected chi connectivity index (χ4v) is 3.46. The topological polar surface area (TPSA) is 86.7 Å². The van der Waals surface area contributed by atoms with E-state index in [0.29, 0.717) is 30.2 Å². The van der Waals surface area contributed by atoms with E-state index in [1.54, 1.807) is 13.2 Å². The van der Waals surface area contributed by atoms with Gasteiger partial charge in [-0.05, 0) is 35.7 Å². The number of hydrogen-bond acceptors (Lipinski definition) is 5. The van der Waals surface area contributed by atoms with E-state index in [1.165, 1.54) is 11.6 Å². The Morgan fingerprint density at radius 1 is 1.03 bits per heavy atom. The third-order valence-electron chi connectivity index (χ3n) is 4.95. The first kappa shape index (κ1) is 18.7. The van der Waals surface area contributed by atoms with Crippen molar-refractivity contribution in [3.05, 3.63) is 75.2 Å². The molecule has 0 aliphatic carbocycles. The number of anilines is 1. The summed E-state index contributed by atoms with van der Waals surface area (Å²) in [6.07, 6.45) is 3.56. The van der Waals surface area contributed by atoms with Crippen LogP contribution in [0, 0.1) is 0 Å². The van der Waals surface area contributed by atoms with E-state index < -0.39 is 5.69 Å². The Hall–Kier alpha value is -3.68. The number of rotatable bonds is 5. The van der Waals surface area contributed by atoms with Crippen molar-refractivity contribution in [2.45, 2.75) is 13.5 Å². The van der Waals surface area contributed by atoms with Gasteiger partial charge in [0.15, 0.2) is 11.2 Å². The number of fused-ring (bicyclic) bond motifs is 1. The zero-order valence-corrected chi connectivity index (χ0v) is 16.6. The standard InChI is InChI=1S/C21H22N6O2/c1-4-23-20-24-18-17(19(28)26(3)21(29)25(18)2)27(20)13-14-7-5-8-15(11-14)16-9-6-10-22-12-16/h5-12H,4,13H2,1-3H3,(H,23,24). The first-order chi connectivity index (χ1) is 14.0. The number of nitrogens with one attached hydrogen (secondary N) is 1. The molecule has 0 spiro atoms. The average molecular weight is 390 g/mol. The Morgan fingerprint density at radius 2 is 1.83 bits per heavy atom. The molecule has 0 atom stereocenters. The summed E-state index contributed by atoms with van der Waals surface area (Å²) in [6.45, 7) is 3.05. The molecule has 0 bridgehead atoms. The van der Waals surface area contributed by atoms with Gasteiger partial charge in [-0.1, -0.05) is 24.3 Å². The Balaban J connectivity index is 1.87. The monoisotopic (exact) mass is 390 g/mol. The predicted octanol–water partition coefficient (Wildman–Crippen LogP) is 1.98. The van der Waals surface area contributed by atoms with Crippen molar-refractivity contribution in [1.29, 1.82) is 0 Å². The maximum atomic E-state index is 12.9. The van der Waals surface area contributed by atoms with Gasteiger partial charge in [-0.25, -0.2) is 4.79 Å². The minimum Gasteiger partial charge on any atom is -0.356 e. The van der Waals surface area contributed by atoms with E-state index in [2.05, 4.69) is 21.4 Å². The quantitative estimate of drug-likeness (QED) is 0.563. The molecule has 0 saturated carbocycles. The molecule has 0 unspecified atom stereocenters. The number of hydrogen-bond donors (Lipinski definition) is 1. The van der Waals surface area contributed by atoms with Gasteiger partial charge in [-0.2, -0.15) is 4.98 Å². The highest BCUT2D eigenvalue weighted by Crippen LogP contribution is 2.22. The number of benzene rings is 1. The molecule has 4 rings (SSSR count). The lowest BCUT2D eigenvalue weighted by Crippen LogP contribution is -2.37. The van der Waals surface area contributed by atoms with Crippen LogP contribution in [-0.4, -0.2) is 30.2 Å². The summed E-state index contributed by atoms with van der Waals surface area (Å²) in [4.78, 5) is 33.9. The molecule has 8 nitrogen and oxygen atoms in total. The third kappa shape index (κ3) is 3.22. The van der Waals surface area contributed by atoms with Gasteiger partial charge in [0.1, 0.15) is 0 Å². The Labute approximate surface area is 167 Å². The van der Waals surface area contributed by atoms with Crippen LogP contribution in [0.1, 0.15) is 12.5 Å². The summed E-state index contributed by atoms with van der Waals surface area (Å²) in [7, 11) is 3.11. The maximum absolute atomic E-state index is 12.9. The van der Waals surface area contributed by atoms with Crippen LogP contribution in [0.2, 0.25) is 0 Å². The zero-order chi connectivity index (χ0) is 20.5. The molecule has 4 aromatic rings. The van der Waals surface area contributed by atoms with Crippen molar-refractivity contribution in [2.24, 2.45) is 14.1 Å². The van der Waals surface area contributed by atoms with Gasteiger partial charge in [-0.3, -0.25) is 23.5 Å². The molecule has 1 aromatic carbocycles. The van der Waals surface area contributed by atoms with Gasteiger partial charge >= 0.3 is 5.69 Å². The van der Waals surface area contributed by atoms with Crippen LogP contribution in [0.15, 0.2) is 58.4 Å². The molecule has 8 heteroatoms. The molecule has 3 aromatic heterocycles. The van der Waals surface area contributed by atoms with Gasteiger partial charge in [0, 0.05) is 33.0 Å². The smallest absolute Gasteiger partial charge is 0.332 e. The highest BCUT2D eigenvalue weighted by molar-refractivity contribution is 5.74. The highest BCUT2D eigenvalue weighted by atomic mass is 16.2. The largest absolute Gasteiger partial charge is 0.356 e. The second-order valence-corrected chi connectivity index (χ2v) is 6.87. The van der Waals surface area contributed by atoms with Crippen LogP contribution in [0.5, 0.6) is 0 Å². The first-order valence-corrected chi connectivity index (χ1v) is 9.40. The van der Waals surface area contributed by atoms with E-state index in [9.17, 15) is 9.59 Å². The number of aromatic nitrogens is 5. The summed E-state index contributed by atoms with van der Waals surface area (Å²) in [5.41, 5.74) is 3.10. The molecule has 1 N–H and O–H groups in total. The van der Waals surface area contributed by atoms with Crippen molar-refractivity contribution in [1.82, 2.24) is 23.7 Å². The fourth-order valence-electron chi connectivity index (χ4n) is 3.46. The lowest BCUT2D eigenvalue weighted by Gasteiger charge is -2.11. The minimum absolute atomic E-state index is 0.358. The predicted molar refractivity (Wildman–Crippen MR) is 113 cm³/mol. The van der Waals surface area contributed by atoms with Crippen LogP contribution in [0.4, 0.5) is 5.95 Å². The SMILES string of the molecule is CCNc1nc2c(c(=O)n(C)c(=O)n2C)n1Cc1cccc(-c2cccnc2)c1. The van der Waals surface area contributed by atoms with Crippen LogP contribution in [0.25, 0.3) is 22.3 Å². The van der Waals surface area contributed by atoms with Crippen LogP contribution in [-0.2, 0) is 20.6 Å². The van der Waals surface area contributed by atoms with Gasteiger partial charge in [0.2, 0.25) is 5.95 Å². The third-order valence-corrected chi connectivity index (χ3v) is 4.95. The van der Waals surface area contributed by atoms with E-state index in [-0.39, 0.29) is 5.56 Å². The van der Waals surface area contributed by atoms with Crippen molar-refractivity contribution >= 4 is 17.1 Å². The lowest BCUT2D eigenvalue weighted by molar-refractivity contribution is 0.702. The second kappa shape index (κ2) is 7.38. The molecule has 0 aliphatic heterocycles. The van der Waals surface area contributed by atoms with Gasteiger partial charge in [0.25, 0.3) is 5.56 Å². The molecule has 0 fully saturated rings. The normalized spacial score (nSPS) is 11.1. The molecular formula is C21H22N6O2. The first-order valence-electron chi connectivity index (χ1n) is 9.40. The minimum atomic E-state index is -0.395. The van der Waals surface area contributed by atoms with E-state index >= 15 is 0 Å². The van der Waals surface area contributed by atoms with Crippen LogP contribution < -0.4 is 16.6 Å². The Bertz CT molecular complexity index is 1300. The van der Waals surface area contributed by atoms with Crippen molar-refractivity contribution < 1.29 is 0 Å². The Kier molecular flexibility index (Phi) is 4.75. The lowest BCUT2D eigenvalue weighted by atomic mass is 10.0. The number of nitrogens with zero attached hydrogens (tertiary/aromatic N) is 5. The highest BCUT2D eigenvalue weighted by Gasteiger charge is 2.19. The van der Waals surface area contributed by atoms with Gasteiger partial charge in [0.05, 0.1) is 6.54 Å². The van der Waals surface area contributed by atoms with Crippen molar-refractivity contribution in [3.8, 4) is 11.1 Å². The number of imidazole rings is 1. The van der Waals surface area contributed by atoms with Crippen LogP contribution in [0.3, 0.4) is 0 Å². The zero-order valence-electron chi connectivity index (χ0n) is 16.6. The molecule has 0 amide bonds. The van der Waals surface area contributed by atoms with E-state index in [4.69, 9.17) is 0 Å². The van der Waals surface area contributed by atoms with Crippen molar-refractivity contribution in [2.75, 3.05) is 11.9 Å². The molecule has 0 saturated heterocycles. The molecule has 0 aliphatic rings. The summed E-state index contributed by atoms with van der Waals surface area (Å²) in [5, 5.41) is 3.20.